The van der Waals surface area contributed by atoms with Crippen molar-refractivity contribution in [2.45, 2.75) is 18.9 Å². The van der Waals surface area contributed by atoms with Crippen LogP contribution in [0.25, 0.3) is 0 Å². The number of likely N-dealkylation sites (tertiary alicyclic amines) is 1. The topological polar surface area (TPSA) is 84.7 Å². The first-order valence-electron chi connectivity index (χ1n) is 7.20. The third-order valence-electron chi connectivity index (χ3n) is 4.14. The van der Waals surface area contributed by atoms with E-state index in [1.807, 2.05) is 0 Å². The van der Waals surface area contributed by atoms with Gasteiger partial charge in [0.05, 0.1) is 12.0 Å². The Bertz CT molecular complexity index is 561. The predicted molar refractivity (Wildman–Crippen MR) is 77.6 cm³/mol. The largest absolute Gasteiger partial charge is 0.484 e. The number of ether oxygens (including phenoxy) is 1. The van der Waals surface area contributed by atoms with Gasteiger partial charge in [-0.2, -0.15) is 0 Å². The average Bonchev–Trinajstić information content (AvgIpc) is 2.87. The third kappa shape index (κ3) is 2.79. The maximum atomic E-state index is 12.3. The van der Waals surface area contributed by atoms with E-state index < -0.39 is 0 Å². The zero-order valence-electron chi connectivity index (χ0n) is 11.7. The number of anilines is 1. The molecular formula is C15H19N3O3. The number of nitrogens with zero attached hydrogens (tertiary/aromatic N) is 1. The number of rotatable bonds is 3. The molecule has 3 N–H and O–H groups in total. The standard InChI is InChI=1S/C15H19N3O3/c16-10-3-1-4-11(7-10)21-9-14(19)18-6-2-5-12-13(18)8-17-15(12)20/h1,3-4,7,12-13H,2,5-6,8-9,16H2,(H,17,20). The summed E-state index contributed by atoms with van der Waals surface area (Å²) in [6.07, 6.45) is 1.72. The first-order valence-corrected chi connectivity index (χ1v) is 7.20. The van der Waals surface area contributed by atoms with E-state index in [0.717, 1.165) is 12.8 Å². The first kappa shape index (κ1) is 13.7. The molecule has 0 saturated carbocycles. The van der Waals surface area contributed by atoms with Crippen molar-refractivity contribution >= 4 is 17.5 Å². The van der Waals surface area contributed by atoms with Crippen molar-refractivity contribution in [3.05, 3.63) is 24.3 Å². The number of benzene rings is 1. The summed E-state index contributed by atoms with van der Waals surface area (Å²) in [4.78, 5) is 25.8. The van der Waals surface area contributed by atoms with Gasteiger partial charge in [0.15, 0.2) is 6.61 Å². The maximum Gasteiger partial charge on any atom is 0.260 e. The molecule has 2 amide bonds. The second-order valence-electron chi connectivity index (χ2n) is 5.51. The number of amides is 2. The quantitative estimate of drug-likeness (QED) is 0.788. The fraction of sp³-hybridized carbons (Fsp3) is 0.467. The van der Waals surface area contributed by atoms with Gasteiger partial charge < -0.3 is 20.7 Å². The fourth-order valence-corrected chi connectivity index (χ4v) is 3.09. The van der Waals surface area contributed by atoms with Crippen LogP contribution in [0.4, 0.5) is 5.69 Å². The Balaban J connectivity index is 1.61. The number of fused-ring (bicyclic) bond motifs is 1. The van der Waals surface area contributed by atoms with Crippen molar-refractivity contribution in [1.82, 2.24) is 10.2 Å². The molecule has 21 heavy (non-hydrogen) atoms. The Hall–Kier alpha value is -2.24. The molecule has 2 aliphatic heterocycles. The molecule has 1 aromatic rings. The number of piperidine rings is 1. The molecule has 6 heteroatoms. The van der Waals surface area contributed by atoms with Crippen LogP contribution in [0.2, 0.25) is 0 Å². The summed E-state index contributed by atoms with van der Waals surface area (Å²) < 4.78 is 5.50. The zero-order valence-corrected chi connectivity index (χ0v) is 11.7. The van der Waals surface area contributed by atoms with Crippen molar-refractivity contribution in [2.75, 3.05) is 25.4 Å². The van der Waals surface area contributed by atoms with Crippen molar-refractivity contribution in [1.29, 1.82) is 0 Å². The Kier molecular flexibility index (Phi) is 3.68. The van der Waals surface area contributed by atoms with Crippen molar-refractivity contribution in [3.63, 3.8) is 0 Å². The molecule has 0 aromatic heterocycles. The SMILES string of the molecule is Nc1cccc(OCC(=O)N2CCCC3C(=O)NCC32)c1. The number of carbonyl (C=O) groups excluding carboxylic acids is 2. The van der Waals surface area contributed by atoms with E-state index in [4.69, 9.17) is 10.5 Å². The van der Waals surface area contributed by atoms with E-state index in [9.17, 15) is 9.59 Å². The van der Waals surface area contributed by atoms with Crippen LogP contribution in [0.1, 0.15) is 12.8 Å². The minimum absolute atomic E-state index is 0.0248. The van der Waals surface area contributed by atoms with Crippen LogP contribution in [0.15, 0.2) is 24.3 Å². The maximum absolute atomic E-state index is 12.3. The molecule has 3 rings (SSSR count). The summed E-state index contributed by atoms with van der Waals surface area (Å²) in [5, 5.41) is 2.84. The van der Waals surface area contributed by atoms with E-state index in [-0.39, 0.29) is 30.4 Å². The fourth-order valence-electron chi connectivity index (χ4n) is 3.09. The molecule has 0 bridgehead atoms. The molecule has 0 spiro atoms. The molecule has 1 aromatic carbocycles. The minimum Gasteiger partial charge on any atom is -0.484 e. The molecule has 2 fully saturated rings. The number of carbonyl (C=O) groups is 2. The van der Waals surface area contributed by atoms with Crippen LogP contribution < -0.4 is 15.8 Å². The van der Waals surface area contributed by atoms with Crippen LogP contribution >= 0.6 is 0 Å². The highest BCUT2D eigenvalue weighted by atomic mass is 16.5. The second kappa shape index (κ2) is 5.63. The lowest BCUT2D eigenvalue weighted by Gasteiger charge is -2.35. The lowest BCUT2D eigenvalue weighted by Crippen LogP contribution is -2.50. The molecule has 2 saturated heterocycles. The van der Waals surface area contributed by atoms with E-state index in [1.54, 1.807) is 29.2 Å². The summed E-state index contributed by atoms with van der Waals surface area (Å²) >= 11 is 0. The van der Waals surface area contributed by atoms with E-state index in [2.05, 4.69) is 5.32 Å². The summed E-state index contributed by atoms with van der Waals surface area (Å²) in [5.74, 6) is 0.505. The lowest BCUT2D eigenvalue weighted by molar-refractivity contribution is -0.138. The Morgan fingerprint density at radius 3 is 3.14 bits per heavy atom. The average molecular weight is 289 g/mol. The third-order valence-corrected chi connectivity index (χ3v) is 4.14. The van der Waals surface area contributed by atoms with Gasteiger partial charge in [0.2, 0.25) is 5.91 Å². The molecular weight excluding hydrogens is 270 g/mol. The summed E-state index contributed by atoms with van der Waals surface area (Å²) in [6, 6.07) is 6.98. The van der Waals surface area contributed by atoms with Crippen molar-refractivity contribution in [3.8, 4) is 5.75 Å². The molecule has 2 atom stereocenters. The minimum atomic E-state index is -0.0800. The lowest BCUT2D eigenvalue weighted by atomic mass is 9.91. The van der Waals surface area contributed by atoms with Crippen molar-refractivity contribution in [2.24, 2.45) is 5.92 Å². The van der Waals surface area contributed by atoms with Gasteiger partial charge in [-0.1, -0.05) is 6.07 Å². The number of hydrogen-bond acceptors (Lipinski definition) is 4. The molecule has 0 radical (unpaired) electrons. The van der Waals surface area contributed by atoms with E-state index >= 15 is 0 Å². The molecule has 2 aliphatic rings. The normalized spacial score (nSPS) is 24.4. The highest BCUT2D eigenvalue weighted by molar-refractivity contribution is 5.85. The monoisotopic (exact) mass is 289 g/mol. The zero-order chi connectivity index (χ0) is 14.8. The summed E-state index contributed by atoms with van der Waals surface area (Å²) in [6.45, 7) is 1.21. The Labute approximate surface area is 123 Å². The van der Waals surface area contributed by atoms with Crippen LogP contribution in [0.5, 0.6) is 5.75 Å². The molecule has 2 heterocycles. The Morgan fingerprint density at radius 2 is 2.33 bits per heavy atom. The predicted octanol–water partition coefficient (Wildman–Crippen LogP) is 0.385. The first-order chi connectivity index (χ1) is 10.1. The van der Waals surface area contributed by atoms with Gasteiger partial charge in [-0.3, -0.25) is 9.59 Å². The number of nitrogens with two attached hydrogens (primary N) is 1. The van der Waals surface area contributed by atoms with E-state index in [0.29, 0.717) is 24.5 Å². The number of hydrogen-bond donors (Lipinski definition) is 2. The van der Waals surface area contributed by atoms with Crippen LogP contribution in [0, 0.1) is 5.92 Å². The molecule has 6 nitrogen and oxygen atoms in total. The van der Waals surface area contributed by atoms with E-state index in [1.165, 1.54) is 0 Å². The van der Waals surface area contributed by atoms with Gasteiger partial charge >= 0.3 is 0 Å². The van der Waals surface area contributed by atoms with Gasteiger partial charge in [0.1, 0.15) is 5.75 Å². The van der Waals surface area contributed by atoms with Crippen LogP contribution in [0.3, 0.4) is 0 Å². The van der Waals surface area contributed by atoms with Crippen LogP contribution in [-0.2, 0) is 9.59 Å². The Morgan fingerprint density at radius 1 is 1.48 bits per heavy atom. The number of nitrogens with one attached hydrogen (secondary N) is 1. The molecule has 2 unspecified atom stereocenters. The van der Waals surface area contributed by atoms with Crippen LogP contribution in [-0.4, -0.2) is 42.5 Å². The van der Waals surface area contributed by atoms with Crippen molar-refractivity contribution < 1.29 is 14.3 Å². The molecule has 112 valence electrons. The van der Waals surface area contributed by atoms with Gasteiger partial charge in [0, 0.05) is 24.8 Å². The van der Waals surface area contributed by atoms with Gasteiger partial charge in [-0.15, -0.1) is 0 Å². The smallest absolute Gasteiger partial charge is 0.260 e. The highest BCUT2D eigenvalue weighted by Gasteiger charge is 2.42. The summed E-state index contributed by atoms with van der Waals surface area (Å²) in [7, 11) is 0. The van der Waals surface area contributed by atoms with Gasteiger partial charge in [-0.05, 0) is 25.0 Å². The van der Waals surface area contributed by atoms with Gasteiger partial charge in [-0.25, -0.2) is 0 Å². The highest BCUT2D eigenvalue weighted by Crippen LogP contribution is 2.27. The number of nitrogen functional groups attached to an aromatic ring is 1. The van der Waals surface area contributed by atoms with Gasteiger partial charge in [0.25, 0.3) is 5.91 Å². The second-order valence-corrected chi connectivity index (χ2v) is 5.51. The molecule has 0 aliphatic carbocycles. The summed E-state index contributed by atoms with van der Waals surface area (Å²) in [5.41, 5.74) is 6.27.